The van der Waals surface area contributed by atoms with Crippen molar-refractivity contribution < 1.29 is 9.59 Å². The predicted molar refractivity (Wildman–Crippen MR) is 82.3 cm³/mol. The lowest BCUT2D eigenvalue weighted by atomic mass is 10.1. The van der Waals surface area contributed by atoms with Crippen molar-refractivity contribution in [3.63, 3.8) is 0 Å². The molecule has 3 aromatic rings. The zero-order chi connectivity index (χ0) is 16.1. The van der Waals surface area contributed by atoms with Gasteiger partial charge in [-0.3, -0.25) is 9.59 Å². The highest BCUT2D eigenvalue weighted by Gasteiger charge is 2.14. The van der Waals surface area contributed by atoms with Gasteiger partial charge in [-0.1, -0.05) is 42.5 Å². The van der Waals surface area contributed by atoms with Gasteiger partial charge in [0.05, 0.1) is 17.8 Å². The zero-order valence-electron chi connectivity index (χ0n) is 12.1. The van der Waals surface area contributed by atoms with Gasteiger partial charge in [-0.15, -0.1) is 5.10 Å². The van der Waals surface area contributed by atoms with Crippen LogP contribution >= 0.6 is 0 Å². The van der Waals surface area contributed by atoms with Gasteiger partial charge in [-0.2, -0.15) is 4.68 Å². The fourth-order valence-corrected chi connectivity index (χ4v) is 2.12. The second-order valence-electron chi connectivity index (χ2n) is 4.74. The van der Waals surface area contributed by atoms with E-state index in [0.29, 0.717) is 16.8 Å². The van der Waals surface area contributed by atoms with Crippen molar-refractivity contribution in [2.24, 2.45) is 0 Å². The van der Waals surface area contributed by atoms with E-state index in [9.17, 15) is 9.59 Å². The minimum absolute atomic E-state index is 0.0766. The smallest absolute Gasteiger partial charge is 0.253 e. The Hall–Kier alpha value is -3.35. The van der Waals surface area contributed by atoms with E-state index in [-0.39, 0.29) is 18.2 Å². The molecule has 3 rings (SSSR count). The zero-order valence-corrected chi connectivity index (χ0v) is 12.1. The first-order chi connectivity index (χ1) is 11.3. The maximum atomic E-state index is 12.4. The third kappa shape index (κ3) is 3.29. The summed E-state index contributed by atoms with van der Waals surface area (Å²) in [6.45, 7) is -0.0766. The molecule has 0 radical (unpaired) electrons. The number of hydrogen-bond donors (Lipinski definition) is 1. The molecule has 0 aliphatic heterocycles. The number of nitrogens with zero attached hydrogens (tertiary/aromatic N) is 4. The van der Waals surface area contributed by atoms with Crippen molar-refractivity contribution in [2.45, 2.75) is 0 Å². The summed E-state index contributed by atoms with van der Waals surface area (Å²) >= 11 is 0. The van der Waals surface area contributed by atoms with Crippen LogP contribution in [-0.4, -0.2) is 38.4 Å². The van der Waals surface area contributed by atoms with Gasteiger partial charge in [0.15, 0.2) is 5.78 Å². The number of aromatic nitrogens is 4. The van der Waals surface area contributed by atoms with Gasteiger partial charge in [0.2, 0.25) is 0 Å². The van der Waals surface area contributed by atoms with Crippen molar-refractivity contribution in [2.75, 3.05) is 6.54 Å². The van der Waals surface area contributed by atoms with Crippen molar-refractivity contribution >= 4 is 11.7 Å². The number of para-hydroxylation sites is 1. The third-order valence-corrected chi connectivity index (χ3v) is 3.25. The van der Waals surface area contributed by atoms with Crippen LogP contribution in [0, 0.1) is 0 Å². The molecule has 2 aromatic carbocycles. The molecule has 0 spiro atoms. The second-order valence-corrected chi connectivity index (χ2v) is 4.74. The van der Waals surface area contributed by atoms with Crippen LogP contribution in [-0.2, 0) is 0 Å². The Bertz CT molecular complexity index is 816. The van der Waals surface area contributed by atoms with Crippen LogP contribution in [0.4, 0.5) is 0 Å². The highest BCUT2D eigenvalue weighted by molar-refractivity contribution is 6.03. The number of amides is 1. The molecule has 23 heavy (non-hydrogen) atoms. The fourth-order valence-electron chi connectivity index (χ4n) is 2.12. The van der Waals surface area contributed by atoms with Gasteiger partial charge in [-0.25, -0.2) is 0 Å². The number of tetrazole rings is 1. The van der Waals surface area contributed by atoms with Crippen molar-refractivity contribution in [3.8, 4) is 5.69 Å². The summed E-state index contributed by atoms with van der Waals surface area (Å²) in [4.78, 5) is 24.4. The molecule has 1 N–H and O–H groups in total. The molecule has 0 unspecified atom stereocenters. The quantitative estimate of drug-likeness (QED) is 0.717. The number of carbonyl (C=O) groups is 2. The molecule has 0 aliphatic rings. The number of Topliss-reactive ketones (excluding diaryl/α,β-unsaturated/α-hetero) is 1. The van der Waals surface area contributed by atoms with E-state index in [2.05, 4.69) is 20.8 Å². The van der Waals surface area contributed by atoms with E-state index in [0.717, 1.165) is 0 Å². The lowest BCUT2D eigenvalue weighted by molar-refractivity contribution is 0.0904. The van der Waals surface area contributed by atoms with Gasteiger partial charge in [-0.05, 0) is 22.6 Å². The minimum Gasteiger partial charge on any atom is -0.345 e. The van der Waals surface area contributed by atoms with Crippen LogP contribution in [0.2, 0.25) is 0 Å². The average molecular weight is 307 g/mol. The summed E-state index contributed by atoms with van der Waals surface area (Å²) < 4.78 is 1.40. The number of ketones is 1. The summed E-state index contributed by atoms with van der Waals surface area (Å²) in [6.07, 6.45) is 1.40. The first kappa shape index (κ1) is 14.6. The molecule has 7 heteroatoms. The van der Waals surface area contributed by atoms with Gasteiger partial charge in [0, 0.05) is 5.56 Å². The Balaban J connectivity index is 1.73. The van der Waals surface area contributed by atoms with Crippen molar-refractivity contribution in [1.82, 2.24) is 25.5 Å². The molecule has 0 aliphatic carbocycles. The van der Waals surface area contributed by atoms with E-state index in [1.165, 1.54) is 11.0 Å². The van der Waals surface area contributed by atoms with Crippen LogP contribution in [0.15, 0.2) is 60.9 Å². The molecule has 0 saturated heterocycles. The minimum atomic E-state index is -0.361. The van der Waals surface area contributed by atoms with Gasteiger partial charge in [0.1, 0.15) is 6.33 Å². The van der Waals surface area contributed by atoms with Gasteiger partial charge in [0.25, 0.3) is 5.91 Å². The summed E-state index contributed by atoms with van der Waals surface area (Å²) in [7, 11) is 0. The van der Waals surface area contributed by atoms with E-state index < -0.39 is 0 Å². The summed E-state index contributed by atoms with van der Waals surface area (Å²) in [5.74, 6) is -0.515. The Morgan fingerprint density at radius 1 is 1.00 bits per heavy atom. The summed E-state index contributed by atoms with van der Waals surface area (Å²) in [6, 6.07) is 15.7. The first-order valence-corrected chi connectivity index (χ1v) is 6.94. The van der Waals surface area contributed by atoms with E-state index >= 15 is 0 Å². The van der Waals surface area contributed by atoms with Crippen LogP contribution in [0.25, 0.3) is 5.69 Å². The van der Waals surface area contributed by atoms with E-state index in [1.54, 1.807) is 48.5 Å². The van der Waals surface area contributed by atoms with Crippen LogP contribution in [0.3, 0.4) is 0 Å². The fraction of sp³-hybridized carbons (Fsp3) is 0.0625. The Morgan fingerprint density at radius 3 is 2.48 bits per heavy atom. The van der Waals surface area contributed by atoms with E-state index in [1.807, 2.05) is 6.07 Å². The average Bonchev–Trinajstić information content (AvgIpc) is 3.14. The number of carbonyl (C=O) groups excluding carboxylic acids is 2. The number of hydrogen-bond acceptors (Lipinski definition) is 5. The Morgan fingerprint density at radius 2 is 1.74 bits per heavy atom. The lowest BCUT2D eigenvalue weighted by Crippen LogP contribution is -2.30. The van der Waals surface area contributed by atoms with Crippen molar-refractivity contribution in [3.05, 3.63) is 72.1 Å². The Labute approximate surface area is 131 Å². The van der Waals surface area contributed by atoms with Gasteiger partial charge < -0.3 is 5.32 Å². The van der Waals surface area contributed by atoms with Crippen LogP contribution < -0.4 is 5.32 Å². The standard InChI is InChI=1S/C16H13N5O2/c22-15(12-6-2-1-3-7-12)10-17-16(23)13-8-4-5-9-14(13)21-11-18-19-20-21/h1-9,11H,10H2,(H,17,23). The van der Waals surface area contributed by atoms with Gasteiger partial charge >= 0.3 is 0 Å². The SMILES string of the molecule is O=C(CNC(=O)c1ccccc1-n1cnnn1)c1ccccc1. The van der Waals surface area contributed by atoms with E-state index in [4.69, 9.17) is 0 Å². The molecular formula is C16H13N5O2. The largest absolute Gasteiger partial charge is 0.345 e. The molecule has 0 fully saturated rings. The molecule has 1 aromatic heterocycles. The molecule has 0 bridgehead atoms. The molecule has 0 saturated carbocycles. The molecule has 0 atom stereocenters. The number of nitrogens with one attached hydrogen (secondary N) is 1. The first-order valence-electron chi connectivity index (χ1n) is 6.94. The predicted octanol–water partition coefficient (Wildman–Crippen LogP) is 1.28. The summed E-state index contributed by atoms with van der Waals surface area (Å²) in [5, 5.41) is 13.5. The molecular weight excluding hydrogens is 294 g/mol. The lowest BCUT2D eigenvalue weighted by Gasteiger charge is -2.09. The normalized spacial score (nSPS) is 10.3. The van der Waals surface area contributed by atoms with Crippen LogP contribution in [0.1, 0.15) is 20.7 Å². The number of benzene rings is 2. The maximum absolute atomic E-state index is 12.4. The topological polar surface area (TPSA) is 89.8 Å². The molecule has 7 nitrogen and oxygen atoms in total. The van der Waals surface area contributed by atoms with Crippen LogP contribution in [0.5, 0.6) is 0 Å². The monoisotopic (exact) mass is 307 g/mol. The third-order valence-electron chi connectivity index (χ3n) is 3.25. The molecule has 114 valence electrons. The molecule has 1 amide bonds. The van der Waals surface area contributed by atoms with Crippen molar-refractivity contribution in [1.29, 1.82) is 0 Å². The summed E-state index contributed by atoms with van der Waals surface area (Å²) in [5.41, 5.74) is 1.49. The second kappa shape index (κ2) is 6.61. The Kier molecular flexibility index (Phi) is 4.19. The highest BCUT2D eigenvalue weighted by Crippen LogP contribution is 2.12. The number of rotatable bonds is 5. The maximum Gasteiger partial charge on any atom is 0.253 e. The molecule has 1 heterocycles. The highest BCUT2D eigenvalue weighted by atomic mass is 16.2.